The van der Waals surface area contributed by atoms with E-state index in [-0.39, 0.29) is 10.6 Å². The van der Waals surface area contributed by atoms with E-state index < -0.39 is 7.92 Å². The van der Waals surface area contributed by atoms with Crippen LogP contribution in [0.2, 0.25) is 0 Å². The van der Waals surface area contributed by atoms with Crippen LogP contribution in [0.3, 0.4) is 0 Å². The number of thiophene rings is 2. The molecule has 0 saturated carbocycles. The minimum absolute atomic E-state index is 0.118. The smallest absolute Gasteiger partial charge is 0.277 e. The lowest BCUT2D eigenvalue weighted by Crippen LogP contribution is -2.20. The molecule has 22 aromatic rings. The van der Waals surface area contributed by atoms with Crippen molar-refractivity contribution in [3.63, 3.8) is 0 Å². The molecular formula is C98H63N4O2PS2. The van der Waals surface area contributed by atoms with Crippen molar-refractivity contribution in [2.24, 2.45) is 0 Å². The van der Waals surface area contributed by atoms with Gasteiger partial charge in [0.25, 0.3) is 5.69 Å². The van der Waals surface area contributed by atoms with Gasteiger partial charge in [-0.1, -0.05) is 291 Å². The Kier molecular flexibility index (Phi) is 15.8. The fraction of sp³-hybridized carbons (Fsp3) is 0. The number of benzene rings is 17. The highest BCUT2D eigenvalue weighted by molar-refractivity contribution is 7.79. The zero-order chi connectivity index (χ0) is 71.1. The molecule has 6 nitrogen and oxygen atoms in total. The topological polar surface area (TPSA) is 68.8 Å². The molecular weight excluding hydrogens is 1360 g/mol. The minimum Gasteiger partial charge on any atom is -0.353 e. The molecule has 17 aromatic carbocycles. The molecule has 0 bridgehead atoms. The summed E-state index contributed by atoms with van der Waals surface area (Å²) >= 11 is 3.65. The van der Waals surface area contributed by atoms with Gasteiger partial charge in [-0.3, -0.25) is 10.1 Å². The van der Waals surface area contributed by atoms with Crippen LogP contribution in [0, 0.1) is 10.1 Å². The molecule has 0 saturated heterocycles. The Morgan fingerprint density at radius 3 is 1.20 bits per heavy atom. The van der Waals surface area contributed by atoms with Gasteiger partial charge < -0.3 is 14.1 Å². The summed E-state index contributed by atoms with van der Waals surface area (Å²) in [7, 11) is -0.446. The van der Waals surface area contributed by atoms with Crippen LogP contribution in [0.5, 0.6) is 0 Å². The highest BCUT2D eigenvalue weighted by Crippen LogP contribution is 2.50. The van der Waals surface area contributed by atoms with Crippen molar-refractivity contribution in [3.05, 3.63) is 386 Å². The van der Waals surface area contributed by atoms with Crippen molar-refractivity contribution in [2.75, 3.05) is 0 Å². The van der Waals surface area contributed by atoms with Crippen molar-refractivity contribution in [1.29, 1.82) is 0 Å². The van der Waals surface area contributed by atoms with E-state index in [4.69, 9.17) is 0 Å². The minimum atomic E-state index is -0.446. The summed E-state index contributed by atoms with van der Waals surface area (Å²) in [6, 6.07) is 133. The predicted octanol–water partition coefficient (Wildman–Crippen LogP) is 26.6. The Hall–Kier alpha value is -13.1. The van der Waals surface area contributed by atoms with Gasteiger partial charge in [-0.2, -0.15) is 0 Å². The van der Waals surface area contributed by atoms with E-state index in [9.17, 15) is 10.1 Å². The first-order valence-electron chi connectivity index (χ1n) is 36.0. The van der Waals surface area contributed by atoms with Crippen LogP contribution in [-0.4, -0.2) is 19.0 Å². The average Bonchev–Trinajstić information content (AvgIpc) is 1.56. The number of nitro benzene ring substituents is 1. The van der Waals surface area contributed by atoms with Gasteiger partial charge in [0.15, 0.2) is 0 Å². The predicted molar refractivity (Wildman–Crippen MR) is 460 cm³/mol. The Morgan fingerprint density at radius 1 is 0.290 bits per heavy atom. The van der Waals surface area contributed by atoms with E-state index in [2.05, 4.69) is 354 Å². The van der Waals surface area contributed by atoms with Gasteiger partial charge in [0.1, 0.15) is 0 Å². The molecule has 22 rings (SSSR count). The van der Waals surface area contributed by atoms with Crippen LogP contribution < -0.4 is 15.9 Å². The zero-order valence-corrected chi connectivity index (χ0v) is 60.2. The van der Waals surface area contributed by atoms with Gasteiger partial charge in [-0.05, 0) is 152 Å². The molecule has 0 atom stereocenters. The third-order valence-electron chi connectivity index (χ3n) is 21.1. The Morgan fingerprint density at radius 2 is 0.682 bits per heavy atom. The van der Waals surface area contributed by atoms with Gasteiger partial charge in [0, 0.05) is 90.9 Å². The Bertz CT molecular complexity index is 7100. The largest absolute Gasteiger partial charge is 0.353 e. The van der Waals surface area contributed by atoms with Gasteiger partial charge in [-0.15, -0.1) is 22.7 Å². The van der Waals surface area contributed by atoms with Gasteiger partial charge in [-0.25, -0.2) is 0 Å². The van der Waals surface area contributed by atoms with Crippen molar-refractivity contribution in [2.45, 2.75) is 0 Å². The number of hydrogen-bond donors (Lipinski definition) is 1. The van der Waals surface area contributed by atoms with Gasteiger partial charge in [0.05, 0.1) is 42.8 Å². The monoisotopic (exact) mass is 1420 g/mol. The molecule has 9 heteroatoms. The lowest BCUT2D eigenvalue weighted by atomic mass is 9.94. The summed E-state index contributed by atoms with van der Waals surface area (Å²) in [5.41, 5.74) is 16.0. The highest BCUT2D eigenvalue weighted by Gasteiger charge is 2.25. The molecule has 0 unspecified atom stereocenters. The lowest BCUT2D eigenvalue weighted by Gasteiger charge is -2.18. The Balaban J connectivity index is 0.000000114. The quantitative estimate of drug-likeness (QED) is 0.0889. The number of rotatable bonds is 9. The third-order valence-corrected chi connectivity index (χ3v) is 25.8. The van der Waals surface area contributed by atoms with E-state index in [0.29, 0.717) is 5.56 Å². The second kappa shape index (κ2) is 26.6. The zero-order valence-electron chi connectivity index (χ0n) is 57.7. The second-order valence-electron chi connectivity index (χ2n) is 27.1. The number of H-pyrrole nitrogens is 1. The maximum Gasteiger partial charge on any atom is 0.277 e. The molecule has 107 heavy (non-hydrogen) atoms. The van der Waals surface area contributed by atoms with Crippen LogP contribution in [0.1, 0.15) is 0 Å². The molecule has 0 aliphatic rings. The molecule has 0 aliphatic heterocycles. The van der Waals surface area contributed by atoms with Crippen molar-refractivity contribution in [3.8, 4) is 44.8 Å². The number of aromatic nitrogens is 3. The summed E-state index contributed by atoms with van der Waals surface area (Å²) in [4.78, 5) is 15.5. The first kappa shape index (κ1) is 63.6. The van der Waals surface area contributed by atoms with Crippen LogP contribution in [-0.2, 0) is 0 Å². The van der Waals surface area contributed by atoms with Crippen molar-refractivity contribution in [1.82, 2.24) is 14.1 Å². The molecule has 0 spiro atoms. The molecule has 0 amide bonds. The third kappa shape index (κ3) is 10.9. The fourth-order valence-corrected chi connectivity index (χ4v) is 21.0. The fourth-order valence-electron chi connectivity index (χ4n) is 16.3. The lowest BCUT2D eigenvalue weighted by molar-refractivity contribution is -0.384. The van der Waals surface area contributed by atoms with Gasteiger partial charge in [0.2, 0.25) is 0 Å². The number of nitrogens with one attached hydrogen (secondary N) is 1. The maximum atomic E-state index is 12.0. The molecule has 5 aromatic heterocycles. The molecule has 0 aliphatic carbocycles. The first-order chi connectivity index (χ1) is 52.9. The van der Waals surface area contributed by atoms with Gasteiger partial charge >= 0.3 is 0 Å². The first-order valence-corrected chi connectivity index (χ1v) is 38.9. The maximum absolute atomic E-state index is 12.0. The van der Waals surface area contributed by atoms with E-state index in [1.165, 1.54) is 150 Å². The Labute approximate surface area is 625 Å². The molecule has 0 radical (unpaired) electrons. The number of nitrogens with zero attached hydrogens (tertiary/aromatic N) is 3. The molecule has 1 N–H and O–H groups in total. The molecule has 0 fully saturated rings. The number of fused-ring (bicyclic) bond motifs is 21. The van der Waals surface area contributed by atoms with E-state index >= 15 is 0 Å². The summed E-state index contributed by atoms with van der Waals surface area (Å²) in [6.07, 6.45) is 0. The van der Waals surface area contributed by atoms with E-state index in [0.717, 1.165) is 32.2 Å². The SMILES string of the molecule is O=[N+]([O-])c1ccccc1-c1cc2sc3cc4c(cc3c2c2ccccc12)c1ccccc1n4-c1ccc(-c2ccccc2)cc1.c1ccc(-c2ccc(-n3c4ccccc4c4cc5c(cc43)sc3c4[nH]c6ccccc6c4c4ccccc4c53)cc2)cc1.c1ccc(P(c2ccccc2)c2ccccc2)cc1. The standard InChI is InChI=1S/C40H24N2O2S.C40H24N2S.C18H15P/c43-42(44)36-17-9-7-13-29(36)32-23-39-40(31-15-5-4-12-28(31)32)34-22-33-30-14-6-8-16-35(30)41(37(33)24-38(34)45-39)27-20-18-26(19-21-27)25-10-2-1-3-11-25;1-2-10-24(11-3-1)25-18-20-26(21-19-25)42-34-17-9-7-12-27(34)31-22-32-36(23-35(31)42)43-40-38(32)29-14-5-4-13-28(29)37-30-15-6-8-16-33(30)41-39(37)40;1-4-10-16(11-5-1)19(17-12-6-2-7-13-17)18-14-8-3-9-15-18/h1-24H;1-23,41H;1-15H. The van der Waals surface area contributed by atoms with E-state index in [1.54, 1.807) is 23.5 Å². The highest BCUT2D eigenvalue weighted by atomic mass is 32.1. The van der Waals surface area contributed by atoms with Crippen molar-refractivity contribution >= 4 is 180 Å². The van der Waals surface area contributed by atoms with Crippen LogP contribution in [0.15, 0.2) is 376 Å². The van der Waals surface area contributed by atoms with Crippen LogP contribution in [0.4, 0.5) is 5.69 Å². The normalized spacial score (nSPS) is 11.7. The summed E-state index contributed by atoms with van der Waals surface area (Å²) in [5, 5.41) is 33.6. The van der Waals surface area contributed by atoms with Crippen molar-refractivity contribution < 1.29 is 4.92 Å². The number of hydrogen-bond acceptors (Lipinski definition) is 4. The second-order valence-corrected chi connectivity index (χ2v) is 31.5. The van der Waals surface area contributed by atoms with E-state index in [1.807, 2.05) is 35.6 Å². The average molecular weight is 1420 g/mol. The summed E-state index contributed by atoms with van der Waals surface area (Å²) < 4.78 is 9.74. The molecule has 5 heterocycles. The summed E-state index contributed by atoms with van der Waals surface area (Å²) in [6.45, 7) is 0. The van der Waals surface area contributed by atoms with Crippen LogP contribution in [0.25, 0.3) is 172 Å². The molecule has 504 valence electrons. The summed E-state index contributed by atoms with van der Waals surface area (Å²) in [5.74, 6) is 0. The number of aromatic amines is 1. The van der Waals surface area contributed by atoms with Crippen LogP contribution >= 0.6 is 30.6 Å². The number of para-hydroxylation sites is 4. The number of nitro groups is 1.